The number of hydrogen-bond acceptors (Lipinski definition) is 4. The van der Waals surface area contributed by atoms with E-state index in [4.69, 9.17) is 23.2 Å². The minimum atomic E-state index is -0.132. The average Bonchev–Trinajstić information content (AvgIpc) is 3.03. The molecule has 0 bridgehead atoms. The van der Waals surface area contributed by atoms with E-state index in [1.165, 1.54) is 11.8 Å². The molecule has 0 aliphatic rings. The fourth-order valence-electron chi connectivity index (χ4n) is 2.42. The van der Waals surface area contributed by atoms with Gasteiger partial charge in [-0.3, -0.25) is 4.79 Å². The highest BCUT2D eigenvalue weighted by Gasteiger charge is 2.15. The minimum absolute atomic E-state index is 0.132. The first-order valence-corrected chi connectivity index (χ1v) is 9.68. The lowest BCUT2D eigenvalue weighted by Crippen LogP contribution is -2.14. The molecule has 0 atom stereocenters. The van der Waals surface area contributed by atoms with Crippen molar-refractivity contribution >= 4 is 46.6 Å². The molecule has 3 aromatic rings. The number of aromatic nitrogens is 3. The molecule has 2 aromatic carbocycles. The summed E-state index contributed by atoms with van der Waals surface area (Å²) < 4.78 is 1.96. The first-order chi connectivity index (χ1) is 12.6. The summed E-state index contributed by atoms with van der Waals surface area (Å²) >= 11 is 13.3. The third-order valence-corrected chi connectivity index (χ3v) is 4.99. The number of thioether (sulfide) groups is 1. The number of anilines is 1. The first kappa shape index (κ1) is 18.8. The number of halogens is 2. The number of amides is 1. The van der Waals surface area contributed by atoms with Crippen molar-refractivity contribution in [3.63, 3.8) is 0 Å². The van der Waals surface area contributed by atoms with Crippen molar-refractivity contribution in [2.75, 3.05) is 11.1 Å². The van der Waals surface area contributed by atoms with Crippen LogP contribution in [0.3, 0.4) is 0 Å². The van der Waals surface area contributed by atoms with Crippen LogP contribution >= 0.6 is 35.0 Å². The van der Waals surface area contributed by atoms with E-state index in [0.717, 1.165) is 11.4 Å². The predicted molar refractivity (Wildman–Crippen MR) is 107 cm³/mol. The molecule has 0 aliphatic heterocycles. The van der Waals surface area contributed by atoms with Crippen LogP contribution in [0.2, 0.25) is 10.0 Å². The zero-order valence-electron chi connectivity index (χ0n) is 13.9. The fraction of sp³-hybridized carbons (Fsp3) is 0.167. The SMILES string of the molecule is CCn1c(SCC(=O)Nc2cccc(Cl)c2)nnc1-c1cccc(Cl)c1. The van der Waals surface area contributed by atoms with E-state index in [2.05, 4.69) is 15.5 Å². The van der Waals surface area contributed by atoms with E-state index in [1.807, 2.05) is 35.8 Å². The maximum Gasteiger partial charge on any atom is 0.234 e. The first-order valence-electron chi connectivity index (χ1n) is 7.94. The van der Waals surface area contributed by atoms with Gasteiger partial charge in [0, 0.05) is 27.8 Å². The summed E-state index contributed by atoms with van der Waals surface area (Å²) in [7, 11) is 0. The standard InChI is InChI=1S/C18H16Cl2N4OS/c1-2-24-17(12-5-3-6-13(19)9-12)22-23-18(24)26-11-16(25)21-15-8-4-7-14(20)10-15/h3-10H,2,11H2,1H3,(H,21,25). The highest BCUT2D eigenvalue weighted by atomic mass is 35.5. The van der Waals surface area contributed by atoms with E-state index < -0.39 is 0 Å². The van der Waals surface area contributed by atoms with Crippen LogP contribution in [0.25, 0.3) is 11.4 Å². The van der Waals surface area contributed by atoms with Crippen molar-refractivity contribution in [3.05, 3.63) is 58.6 Å². The number of nitrogens with zero attached hydrogens (tertiary/aromatic N) is 3. The van der Waals surface area contributed by atoms with Crippen molar-refractivity contribution in [1.82, 2.24) is 14.8 Å². The Morgan fingerprint density at radius 1 is 1.12 bits per heavy atom. The van der Waals surface area contributed by atoms with E-state index in [0.29, 0.717) is 27.4 Å². The summed E-state index contributed by atoms with van der Waals surface area (Å²) in [5, 5.41) is 13.2. The van der Waals surface area contributed by atoms with E-state index in [9.17, 15) is 4.79 Å². The van der Waals surface area contributed by atoms with Gasteiger partial charge in [-0.25, -0.2) is 0 Å². The van der Waals surface area contributed by atoms with Gasteiger partial charge in [0.2, 0.25) is 5.91 Å². The number of nitrogens with one attached hydrogen (secondary N) is 1. The second-order valence-corrected chi connectivity index (χ2v) is 7.22. The van der Waals surface area contributed by atoms with Crippen LogP contribution in [0, 0.1) is 0 Å². The molecular formula is C18H16Cl2N4OS. The lowest BCUT2D eigenvalue weighted by atomic mass is 10.2. The molecule has 0 aliphatic carbocycles. The second-order valence-electron chi connectivity index (χ2n) is 5.41. The lowest BCUT2D eigenvalue weighted by Gasteiger charge is -2.08. The molecule has 0 spiro atoms. The molecule has 1 heterocycles. The Morgan fingerprint density at radius 2 is 1.85 bits per heavy atom. The van der Waals surface area contributed by atoms with Gasteiger partial charge in [-0.1, -0.05) is 53.2 Å². The van der Waals surface area contributed by atoms with Crippen LogP contribution < -0.4 is 5.32 Å². The zero-order chi connectivity index (χ0) is 18.5. The van der Waals surface area contributed by atoms with Crippen LogP contribution in [-0.4, -0.2) is 26.4 Å². The second kappa shape index (κ2) is 8.58. The summed E-state index contributed by atoms with van der Waals surface area (Å²) in [6.45, 7) is 2.70. The summed E-state index contributed by atoms with van der Waals surface area (Å²) in [4.78, 5) is 12.2. The van der Waals surface area contributed by atoms with Gasteiger partial charge >= 0.3 is 0 Å². The van der Waals surface area contributed by atoms with Gasteiger partial charge in [-0.05, 0) is 37.3 Å². The summed E-state index contributed by atoms with van der Waals surface area (Å²) in [6, 6.07) is 14.5. The fourth-order valence-corrected chi connectivity index (χ4v) is 3.60. The van der Waals surface area contributed by atoms with Gasteiger partial charge in [0.15, 0.2) is 11.0 Å². The molecule has 134 valence electrons. The molecule has 3 rings (SSSR count). The Labute approximate surface area is 165 Å². The minimum Gasteiger partial charge on any atom is -0.325 e. The predicted octanol–water partition coefficient (Wildman–Crippen LogP) is 5.00. The smallest absolute Gasteiger partial charge is 0.234 e. The summed E-state index contributed by atoms with van der Waals surface area (Å²) in [5.74, 6) is 0.820. The highest BCUT2D eigenvalue weighted by Crippen LogP contribution is 2.26. The van der Waals surface area contributed by atoms with Crippen LogP contribution in [0.5, 0.6) is 0 Å². The molecule has 1 amide bonds. The van der Waals surface area contributed by atoms with Gasteiger partial charge in [-0.2, -0.15) is 0 Å². The molecule has 8 heteroatoms. The molecule has 0 saturated heterocycles. The number of carbonyl (C=O) groups excluding carboxylic acids is 1. The van der Waals surface area contributed by atoms with Crippen LogP contribution in [0.15, 0.2) is 53.7 Å². The largest absolute Gasteiger partial charge is 0.325 e. The molecule has 5 nitrogen and oxygen atoms in total. The maximum atomic E-state index is 12.2. The van der Waals surface area contributed by atoms with Crippen molar-refractivity contribution in [2.45, 2.75) is 18.6 Å². The topological polar surface area (TPSA) is 59.8 Å². The van der Waals surface area contributed by atoms with Crippen molar-refractivity contribution in [2.24, 2.45) is 0 Å². The number of rotatable bonds is 6. The third kappa shape index (κ3) is 4.58. The van der Waals surface area contributed by atoms with E-state index in [1.54, 1.807) is 24.3 Å². The number of carbonyl (C=O) groups is 1. The van der Waals surface area contributed by atoms with Gasteiger partial charge in [0.1, 0.15) is 0 Å². The van der Waals surface area contributed by atoms with Crippen LogP contribution in [0.4, 0.5) is 5.69 Å². The average molecular weight is 407 g/mol. The Bertz CT molecular complexity index is 929. The molecule has 0 radical (unpaired) electrons. The van der Waals surface area contributed by atoms with Gasteiger partial charge in [-0.15, -0.1) is 10.2 Å². The molecule has 1 aromatic heterocycles. The van der Waals surface area contributed by atoms with Crippen molar-refractivity contribution in [1.29, 1.82) is 0 Å². The highest BCUT2D eigenvalue weighted by molar-refractivity contribution is 7.99. The van der Waals surface area contributed by atoms with Crippen LogP contribution in [-0.2, 0) is 11.3 Å². The molecule has 0 unspecified atom stereocenters. The third-order valence-electron chi connectivity index (χ3n) is 3.56. The maximum absolute atomic E-state index is 12.2. The Hall–Kier alpha value is -2.02. The molecular weight excluding hydrogens is 391 g/mol. The summed E-state index contributed by atoms with van der Waals surface area (Å²) in [6.07, 6.45) is 0. The van der Waals surface area contributed by atoms with Gasteiger partial charge in [0.05, 0.1) is 5.75 Å². The normalized spacial score (nSPS) is 10.7. The Morgan fingerprint density at radius 3 is 2.54 bits per heavy atom. The van der Waals surface area contributed by atoms with E-state index in [-0.39, 0.29) is 11.7 Å². The molecule has 0 fully saturated rings. The van der Waals surface area contributed by atoms with E-state index >= 15 is 0 Å². The quantitative estimate of drug-likeness (QED) is 0.584. The lowest BCUT2D eigenvalue weighted by molar-refractivity contribution is -0.113. The number of benzene rings is 2. The molecule has 1 N–H and O–H groups in total. The van der Waals surface area contributed by atoms with Crippen LogP contribution in [0.1, 0.15) is 6.92 Å². The van der Waals surface area contributed by atoms with Crippen molar-refractivity contribution in [3.8, 4) is 11.4 Å². The Balaban J connectivity index is 1.69. The molecule has 0 saturated carbocycles. The Kier molecular flexibility index (Phi) is 6.19. The van der Waals surface area contributed by atoms with Gasteiger partial charge in [0.25, 0.3) is 0 Å². The zero-order valence-corrected chi connectivity index (χ0v) is 16.3. The summed E-state index contributed by atoms with van der Waals surface area (Å²) in [5.41, 5.74) is 1.56. The van der Waals surface area contributed by atoms with Gasteiger partial charge < -0.3 is 9.88 Å². The monoisotopic (exact) mass is 406 g/mol. The number of hydrogen-bond donors (Lipinski definition) is 1. The molecule has 26 heavy (non-hydrogen) atoms. The van der Waals surface area contributed by atoms with Crippen molar-refractivity contribution < 1.29 is 4.79 Å².